The standard InChI is InChI=1S/C22H27N3OS/c1-15-4-5-20-21(10-15)27-22(23-20)25-7-6-24(12-17(25)3)13-18-8-16(2)9-19(11-18)14-26/h4-5,8-11,17,26H,6-7,12-14H2,1-3H3. The van der Waals surface area contributed by atoms with E-state index in [4.69, 9.17) is 4.98 Å². The molecular formula is C22H27N3OS. The van der Waals surface area contributed by atoms with Crippen LogP contribution < -0.4 is 4.90 Å². The fraction of sp³-hybridized carbons (Fsp3) is 0.409. The van der Waals surface area contributed by atoms with Gasteiger partial charge in [0, 0.05) is 32.2 Å². The van der Waals surface area contributed by atoms with Gasteiger partial charge in [-0.05, 0) is 49.6 Å². The second kappa shape index (κ2) is 7.58. The van der Waals surface area contributed by atoms with Gasteiger partial charge in [-0.2, -0.15) is 0 Å². The van der Waals surface area contributed by atoms with Crippen LogP contribution >= 0.6 is 11.3 Å². The normalized spacial score (nSPS) is 18.4. The van der Waals surface area contributed by atoms with E-state index in [2.05, 4.69) is 67.0 Å². The molecule has 1 unspecified atom stereocenters. The van der Waals surface area contributed by atoms with Gasteiger partial charge < -0.3 is 10.0 Å². The van der Waals surface area contributed by atoms with E-state index in [0.717, 1.165) is 42.4 Å². The summed E-state index contributed by atoms with van der Waals surface area (Å²) < 4.78 is 1.27. The third-order valence-corrected chi connectivity index (χ3v) is 6.33. The molecule has 0 radical (unpaired) electrons. The second-order valence-electron chi connectivity index (χ2n) is 7.73. The number of fused-ring (bicyclic) bond motifs is 1. The van der Waals surface area contributed by atoms with Gasteiger partial charge in [-0.15, -0.1) is 0 Å². The van der Waals surface area contributed by atoms with Gasteiger partial charge in [0.2, 0.25) is 0 Å². The first-order valence-corrected chi connectivity index (χ1v) is 10.4. The Labute approximate surface area is 165 Å². The van der Waals surface area contributed by atoms with E-state index in [9.17, 15) is 5.11 Å². The van der Waals surface area contributed by atoms with Crippen molar-refractivity contribution in [2.45, 2.75) is 40.0 Å². The van der Waals surface area contributed by atoms with E-state index in [1.165, 1.54) is 21.4 Å². The Hall–Kier alpha value is -1.95. The van der Waals surface area contributed by atoms with Gasteiger partial charge in [0.25, 0.3) is 0 Å². The third kappa shape index (κ3) is 4.00. The minimum atomic E-state index is 0.107. The summed E-state index contributed by atoms with van der Waals surface area (Å²) in [6.45, 7) is 10.6. The zero-order valence-corrected chi connectivity index (χ0v) is 17.1. The van der Waals surface area contributed by atoms with Crippen LogP contribution in [0, 0.1) is 13.8 Å². The Bertz CT molecular complexity index is 952. The number of hydrogen-bond acceptors (Lipinski definition) is 5. The summed E-state index contributed by atoms with van der Waals surface area (Å²) in [7, 11) is 0. The average Bonchev–Trinajstić information content (AvgIpc) is 3.04. The summed E-state index contributed by atoms with van der Waals surface area (Å²) in [4.78, 5) is 9.83. The average molecular weight is 382 g/mol. The van der Waals surface area contributed by atoms with E-state index in [1.54, 1.807) is 11.3 Å². The molecule has 1 fully saturated rings. The second-order valence-corrected chi connectivity index (χ2v) is 8.74. The van der Waals surface area contributed by atoms with Gasteiger partial charge in [0.15, 0.2) is 5.13 Å². The van der Waals surface area contributed by atoms with E-state index in [-0.39, 0.29) is 6.61 Å². The van der Waals surface area contributed by atoms with Gasteiger partial charge in [0.1, 0.15) is 0 Å². The quantitative estimate of drug-likeness (QED) is 0.738. The molecule has 1 atom stereocenters. The van der Waals surface area contributed by atoms with Gasteiger partial charge in [-0.3, -0.25) is 4.90 Å². The van der Waals surface area contributed by atoms with Crippen molar-refractivity contribution in [1.82, 2.24) is 9.88 Å². The number of anilines is 1. The van der Waals surface area contributed by atoms with E-state index in [1.807, 2.05) is 0 Å². The van der Waals surface area contributed by atoms with Gasteiger partial charge in [0.05, 0.1) is 16.8 Å². The predicted molar refractivity (Wildman–Crippen MR) is 114 cm³/mol. The summed E-state index contributed by atoms with van der Waals surface area (Å²) in [5, 5.41) is 10.6. The van der Waals surface area contributed by atoms with Crippen molar-refractivity contribution < 1.29 is 5.11 Å². The molecule has 142 valence electrons. The van der Waals surface area contributed by atoms with Crippen molar-refractivity contribution in [2.24, 2.45) is 0 Å². The highest BCUT2D eigenvalue weighted by Gasteiger charge is 2.26. The van der Waals surface area contributed by atoms with Gasteiger partial charge in [-0.25, -0.2) is 4.98 Å². The molecule has 0 spiro atoms. The van der Waals surface area contributed by atoms with Crippen LogP contribution in [0.5, 0.6) is 0 Å². The SMILES string of the molecule is Cc1cc(CO)cc(CN2CCN(c3nc4ccc(C)cc4s3)C(C)C2)c1. The minimum Gasteiger partial charge on any atom is -0.392 e. The molecule has 1 aliphatic rings. The Balaban J connectivity index is 1.46. The van der Waals surface area contributed by atoms with Crippen LogP contribution in [0.15, 0.2) is 36.4 Å². The van der Waals surface area contributed by atoms with Crippen molar-refractivity contribution in [1.29, 1.82) is 0 Å². The van der Waals surface area contributed by atoms with Crippen LogP contribution in [0.1, 0.15) is 29.2 Å². The molecule has 4 nitrogen and oxygen atoms in total. The molecule has 3 aromatic rings. The molecule has 1 saturated heterocycles. The van der Waals surface area contributed by atoms with Crippen molar-refractivity contribution >= 4 is 26.7 Å². The molecule has 1 aromatic heterocycles. The highest BCUT2D eigenvalue weighted by atomic mass is 32.1. The lowest BCUT2D eigenvalue weighted by atomic mass is 10.1. The number of hydrogen-bond donors (Lipinski definition) is 1. The van der Waals surface area contributed by atoms with Crippen LogP contribution in [0.4, 0.5) is 5.13 Å². The number of aliphatic hydroxyl groups excluding tert-OH is 1. The molecule has 0 amide bonds. The highest BCUT2D eigenvalue weighted by molar-refractivity contribution is 7.22. The van der Waals surface area contributed by atoms with E-state index >= 15 is 0 Å². The molecule has 0 bridgehead atoms. The smallest absolute Gasteiger partial charge is 0.186 e. The largest absolute Gasteiger partial charge is 0.392 e. The Kier molecular flexibility index (Phi) is 5.17. The van der Waals surface area contributed by atoms with Crippen molar-refractivity contribution in [2.75, 3.05) is 24.5 Å². The Morgan fingerprint density at radius 1 is 1.07 bits per heavy atom. The molecule has 5 heteroatoms. The maximum absolute atomic E-state index is 9.45. The molecule has 2 aromatic carbocycles. The molecule has 2 heterocycles. The number of thiazole rings is 1. The molecule has 4 rings (SSSR count). The topological polar surface area (TPSA) is 39.6 Å². The lowest BCUT2D eigenvalue weighted by Gasteiger charge is -2.39. The van der Waals surface area contributed by atoms with Crippen molar-refractivity contribution in [3.05, 3.63) is 58.7 Å². The Morgan fingerprint density at radius 2 is 1.89 bits per heavy atom. The van der Waals surface area contributed by atoms with Crippen LogP contribution in [-0.2, 0) is 13.2 Å². The summed E-state index contributed by atoms with van der Waals surface area (Å²) in [5.74, 6) is 0. The summed E-state index contributed by atoms with van der Waals surface area (Å²) in [5.41, 5.74) is 5.90. The maximum atomic E-state index is 9.45. The first-order valence-electron chi connectivity index (χ1n) is 9.58. The molecule has 0 aliphatic carbocycles. The van der Waals surface area contributed by atoms with Crippen LogP contribution in [0.3, 0.4) is 0 Å². The number of piperazine rings is 1. The molecule has 1 aliphatic heterocycles. The molecule has 1 N–H and O–H groups in total. The minimum absolute atomic E-state index is 0.107. The monoisotopic (exact) mass is 381 g/mol. The first kappa shape index (κ1) is 18.4. The van der Waals surface area contributed by atoms with Crippen LogP contribution in [0.2, 0.25) is 0 Å². The number of aromatic nitrogens is 1. The zero-order valence-electron chi connectivity index (χ0n) is 16.3. The predicted octanol–water partition coefficient (Wildman–Crippen LogP) is 4.12. The van der Waals surface area contributed by atoms with E-state index < -0.39 is 0 Å². The lowest BCUT2D eigenvalue weighted by molar-refractivity contribution is 0.220. The van der Waals surface area contributed by atoms with Gasteiger partial charge in [-0.1, -0.05) is 41.2 Å². The summed E-state index contributed by atoms with van der Waals surface area (Å²) in [6.07, 6.45) is 0. The zero-order chi connectivity index (χ0) is 19.0. The number of aliphatic hydroxyl groups is 1. The fourth-order valence-corrected chi connectivity index (χ4v) is 5.18. The molecule has 27 heavy (non-hydrogen) atoms. The Morgan fingerprint density at radius 3 is 2.67 bits per heavy atom. The first-order chi connectivity index (χ1) is 13.0. The number of aryl methyl sites for hydroxylation is 2. The third-order valence-electron chi connectivity index (χ3n) is 5.28. The molecule has 0 saturated carbocycles. The number of benzene rings is 2. The summed E-state index contributed by atoms with van der Waals surface area (Å²) >= 11 is 1.80. The number of rotatable bonds is 4. The van der Waals surface area contributed by atoms with E-state index in [0.29, 0.717) is 6.04 Å². The van der Waals surface area contributed by atoms with Crippen molar-refractivity contribution in [3.63, 3.8) is 0 Å². The maximum Gasteiger partial charge on any atom is 0.186 e. The molecular weight excluding hydrogens is 354 g/mol. The van der Waals surface area contributed by atoms with Crippen LogP contribution in [0.25, 0.3) is 10.2 Å². The van der Waals surface area contributed by atoms with Crippen molar-refractivity contribution in [3.8, 4) is 0 Å². The van der Waals surface area contributed by atoms with Gasteiger partial charge >= 0.3 is 0 Å². The fourth-order valence-electron chi connectivity index (χ4n) is 3.99. The highest BCUT2D eigenvalue weighted by Crippen LogP contribution is 2.31. The number of nitrogens with zero attached hydrogens (tertiary/aromatic N) is 3. The lowest BCUT2D eigenvalue weighted by Crippen LogP contribution is -2.51. The summed E-state index contributed by atoms with van der Waals surface area (Å²) in [6, 6.07) is 13.3. The van der Waals surface area contributed by atoms with Crippen LogP contribution in [-0.4, -0.2) is 40.7 Å².